The van der Waals surface area contributed by atoms with E-state index in [1.165, 1.54) is 12.8 Å². The SMILES string of the molecule is Cc1c(CCN2CCCC2)c(=O)oc2cc(-c3ccc(C#N)cc3)ccc12. The molecule has 4 nitrogen and oxygen atoms in total. The van der Waals surface area contributed by atoms with Crippen LogP contribution in [-0.2, 0) is 6.42 Å². The molecule has 0 aliphatic carbocycles. The summed E-state index contributed by atoms with van der Waals surface area (Å²) in [6.45, 7) is 5.19. The van der Waals surface area contributed by atoms with E-state index in [-0.39, 0.29) is 5.63 Å². The Morgan fingerprint density at radius 1 is 1.07 bits per heavy atom. The molecule has 2 aromatic carbocycles. The normalized spacial score (nSPS) is 14.5. The number of nitriles is 1. The topological polar surface area (TPSA) is 57.2 Å². The number of hydrogen-bond donors (Lipinski definition) is 0. The molecule has 1 saturated heterocycles. The van der Waals surface area contributed by atoms with Gasteiger partial charge in [0.05, 0.1) is 11.6 Å². The van der Waals surface area contributed by atoms with Gasteiger partial charge in [-0.25, -0.2) is 4.79 Å². The van der Waals surface area contributed by atoms with Crippen molar-refractivity contribution in [2.24, 2.45) is 0 Å². The lowest BCUT2D eigenvalue weighted by Gasteiger charge is -2.15. The van der Waals surface area contributed by atoms with Crippen molar-refractivity contribution in [3.8, 4) is 17.2 Å². The highest BCUT2D eigenvalue weighted by Gasteiger charge is 2.16. The molecule has 0 saturated carbocycles. The number of likely N-dealkylation sites (tertiary alicyclic amines) is 1. The number of rotatable bonds is 4. The maximum Gasteiger partial charge on any atom is 0.339 e. The van der Waals surface area contributed by atoms with E-state index in [9.17, 15) is 4.79 Å². The van der Waals surface area contributed by atoms with E-state index in [1.54, 1.807) is 12.1 Å². The van der Waals surface area contributed by atoms with Crippen LogP contribution >= 0.6 is 0 Å². The van der Waals surface area contributed by atoms with Gasteiger partial charge in [0, 0.05) is 17.5 Å². The standard InChI is InChI=1S/C23H22N2O2/c1-16-20-9-8-19(18-6-4-17(15-24)5-7-18)14-22(20)27-23(26)21(16)10-13-25-11-2-3-12-25/h4-9,14H,2-3,10-13H2,1H3. The van der Waals surface area contributed by atoms with Crippen LogP contribution in [0.25, 0.3) is 22.1 Å². The van der Waals surface area contributed by atoms with Gasteiger partial charge < -0.3 is 9.32 Å². The number of hydrogen-bond acceptors (Lipinski definition) is 4. The van der Waals surface area contributed by atoms with Gasteiger partial charge in [0.25, 0.3) is 0 Å². The molecule has 4 rings (SSSR count). The second kappa shape index (κ2) is 7.38. The van der Waals surface area contributed by atoms with Crippen LogP contribution in [-0.4, -0.2) is 24.5 Å². The van der Waals surface area contributed by atoms with Crippen LogP contribution < -0.4 is 5.63 Å². The third-order valence-corrected chi connectivity index (χ3v) is 5.51. The smallest absolute Gasteiger partial charge is 0.339 e. The fourth-order valence-corrected chi connectivity index (χ4v) is 3.88. The minimum absolute atomic E-state index is 0.226. The van der Waals surface area contributed by atoms with Crippen molar-refractivity contribution in [3.63, 3.8) is 0 Å². The van der Waals surface area contributed by atoms with Crippen LogP contribution in [0.5, 0.6) is 0 Å². The molecule has 1 aromatic heterocycles. The van der Waals surface area contributed by atoms with Crippen LogP contribution in [0.15, 0.2) is 51.7 Å². The van der Waals surface area contributed by atoms with Gasteiger partial charge >= 0.3 is 5.63 Å². The summed E-state index contributed by atoms with van der Waals surface area (Å²) in [7, 11) is 0. The summed E-state index contributed by atoms with van der Waals surface area (Å²) in [5.41, 5.74) is 4.80. The zero-order valence-corrected chi connectivity index (χ0v) is 15.5. The Morgan fingerprint density at radius 3 is 2.48 bits per heavy atom. The van der Waals surface area contributed by atoms with Crippen LogP contribution in [0.4, 0.5) is 0 Å². The average molecular weight is 358 g/mol. The van der Waals surface area contributed by atoms with Crippen molar-refractivity contribution >= 4 is 11.0 Å². The molecule has 136 valence electrons. The van der Waals surface area contributed by atoms with Crippen molar-refractivity contribution in [2.45, 2.75) is 26.2 Å². The van der Waals surface area contributed by atoms with E-state index in [0.29, 0.717) is 11.1 Å². The third kappa shape index (κ3) is 3.51. The maximum atomic E-state index is 12.6. The lowest BCUT2D eigenvalue weighted by molar-refractivity contribution is 0.341. The van der Waals surface area contributed by atoms with Gasteiger partial charge in [0.2, 0.25) is 0 Å². The summed E-state index contributed by atoms with van der Waals surface area (Å²) >= 11 is 0. The molecule has 1 aliphatic rings. The van der Waals surface area contributed by atoms with E-state index in [0.717, 1.165) is 53.7 Å². The molecule has 4 heteroatoms. The Kier molecular flexibility index (Phi) is 4.79. The molecular formula is C23H22N2O2. The highest BCUT2D eigenvalue weighted by Crippen LogP contribution is 2.27. The van der Waals surface area contributed by atoms with Crippen molar-refractivity contribution in [3.05, 3.63) is 69.6 Å². The molecule has 0 unspecified atom stereocenters. The van der Waals surface area contributed by atoms with Gasteiger partial charge in [-0.1, -0.05) is 24.3 Å². The largest absolute Gasteiger partial charge is 0.422 e. The lowest BCUT2D eigenvalue weighted by atomic mass is 9.99. The second-order valence-electron chi connectivity index (χ2n) is 7.19. The molecule has 1 aliphatic heterocycles. The number of nitrogens with zero attached hydrogens (tertiary/aromatic N) is 2. The van der Waals surface area contributed by atoms with Crippen molar-refractivity contribution < 1.29 is 4.42 Å². The first-order chi connectivity index (χ1) is 13.2. The fraction of sp³-hybridized carbons (Fsp3) is 0.304. The first kappa shape index (κ1) is 17.5. The van der Waals surface area contributed by atoms with Crippen LogP contribution in [0.2, 0.25) is 0 Å². The van der Waals surface area contributed by atoms with Gasteiger partial charge in [0.15, 0.2) is 0 Å². The molecule has 0 radical (unpaired) electrons. The predicted molar refractivity (Wildman–Crippen MR) is 107 cm³/mol. The summed E-state index contributed by atoms with van der Waals surface area (Å²) in [6.07, 6.45) is 3.24. The first-order valence-corrected chi connectivity index (χ1v) is 9.45. The Labute approximate surface area is 158 Å². The van der Waals surface area contributed by atoms with E-state index < -0.39 is 0 Å². The Morgan fingerprint density at radius 2 is 1.78 bits per heavy atom. The molecule has 0 atom stereocenters. The zero-order chi connectivity index (χ0) is 18.8. The molecule has 0 spiro atoms. The zero-order valence-electron chi connectivity index (χ0n) is 15.5. The Bertz CT molecular complexity index is 1070. The Balaban J connectivity index is 1.67. The van der Waals surface area contributed by atoms with Crippen LogP contribution in [0.3, 0.4) is 0 Å². The summed E-state index contributed by atoms with van der Waals surface area (Å²) in [6, 6.07) is 15.5. The number of fused-ring (bicyclic) bond motifs is 1. The van der Waals surface area contributed by atoms with Gasteiger partial charge in [-0.3, -0.25) is 0 Å². The highest BCUT2D eigenvalue weighted by atomic mass is 16.4. The van der Waals surface area contributed by atoms with Crippen LogP contribution in [0, 0.1) is 18.3 Å². The van der Waals surface area contributed by atoms with E-state index >= 15 is 0 Å². The summed E-state index contributed by atoms with van der Waals surface area (Å²) in [4.78, 5) is 15.0. The van der Waals surface area contributed by atoms with E-state index in [1.807, 2.05) is 37.3 Å². The molecule has 0 N–H and O–H groups in total. The molecular weight excluding hydrogens is 336 g/mol. The molecule has 0 amide bonds. The summed E-state index contributed by atoms with van der Waals surface area (Å²) < 4.78 is 5.67. The lowest BCUT2D eigenvalue weighted by Crippen LogP contribution is -2.24. The number of benzene rings is 2. The minimum atomic E-state index is -0.226. The molecule has 3 aromatic rings. The van der Waals surface area contributed by atoms with Crippen molar-refractivity contribution in [1.82, 2.24) is 4.90 Å². The fourth-order valence-electron chi connectivity index (χ4n) is 3.88. The van der Waals surface area contributed by atoms with Crippen LogP contribution in [0.1, 0.15) is 29.5 Å². The third-order valence-electron chi connectivity index (χ3n) is 5.51. The molecule has 1 fully saturated rings. The molecule has 2 heterocycles. The highest BCUT2D eigenvalue weighted by molar-refractivity contribution is 5.85. The second-order valence-corrected chi connectivity index (χ2v) is 7.19. The van der Waals surface area contributed by atoms with Gasteiger partial charge in [-0.2, -0.15) is 5.26 Å². The van der Waals surface area contributed by atoms with Gasteiger partial charge in [-0.05, 0) is 74.2 Å². The quantitative estimate of drug-likeness (QED) is 0.653. The minimum Gasteiger partial charge on any atom is -0.422 e. The molecule has 0 bridgehead atoms. The number of aryl methyl sites for hydroxylation is 1. The first-order valence-electron chi connectivity index (χ1n) is 9.45. The van der Waals surface area contributed by atoms with Gasteiger partial charge in [0.1, 0.15) is 5.58 Å². The van der Waals surface area contributed by atoms with E-state index in [2.05, 4.69) is 11.0 Å². The molecule has 27 heavy (non-hydrogen) atoms. The maximum absolute atomic E-state index is 12.6. The van der Waals surface area contributed by atoms with Crippen molar-refractivity contribution in [1.29, 1.82) is 5.26 Å². The summed E-state index contributed by atoms with van der Waals surface area (Å²) in [5, 5.41) is 9.93. The summed E-state index contributed by atoms with van der Waals surface area (Å²) in [5.74, 6) is 0. The average Bonchev–Trinajstić information content (AvgIpc) is 3.21. The Hall–Kier alpha value is -2.90. The van der Waals surface area contributed by atoms with Crippen molar-refractivity contribution in [2.75, 3.05) is 19.6 Å². The predicted octanol–water partition coefficient (Wildman–Crippen LogP) is 4.28. The van der Waals surface area contributed by atoms with E-state index in [4.69, 9.17) is 9.68 Å². The monoisotopic (exact) mass is 358 g/mol. The van der Waals surface area contributed by atoms with Gasteiger partial charge in [-0.15, -0.1) is 0 Å².